The van der Waals surface area contributed by atoms with Crippen LogP contribution in [0, 0.1) is 0 Å². The van der Waals surface area contributed by atoms with Crippen LogP contribution in [-0.2, 0) is 9.47 Å². The van der Waals surface area contributed by atoms with Gasteiger partial charge in [0.2, 0.25) is 0 Å². The van der Waals surface area contributed by atoms with Crippen LogP contribution in [0.3, 0.4) is 0 Å². The summed E-state index contributed by atoms with van der Waals surface area (Å²) >= 11 is 0. The quantitative estimate of drug-likeness (QED) is 0.254. The average Bonchev–Trinajstić information content (AvgIpc) is 2.67. The highest BCUT2D eigenvalue weighted by Gasteiger charge is 2.44. The zero-order chi connectivity index (χ0) is 20.1. The molecule has 1 aliphatic heterocycles. The minimum absolute atomic E-state index is 0.173. The van der Waals surface area contributed by atoms with Crippen molar-refractivity contribution in [2.45, 2.75) is 114 Å². The van der Waals surface area contributed by atoms with Gasteiger partial charge in [0.1, 0.15) is 24.4 Å². The molecule has 27 heavy (non-hydrogen) atoms. The number of rotatable bonds is 15. The van der Waals surface area contributed by atoms with Crippen LogP contribution in [0.4, 0.5) is 0 Å². The van der Waals surface area contributed by atoms with Gasteiger partial charge in [0.15, 0.2) is 6.29 Å². The molecule has 1 fully saturated rings. The first-order valence-corrected chi connectivity index (χ1v) is 10.6. The molecule has 0 radical (unpaired) electrons. The van der Waals surface area contributed by atoms with E-state index in [-0.39, 0.29) is 6.10 Å². The standard InChI is InChI=1S/C21H40O6/c1-3-5-6-7-8-9-10-11-12-14-16(13-4-2)26-21-20(25)19(24)18(23)17(15-22)27-21/h4,16-25H,2-3,5-15H2,1H3/t16?,17-,18-,19+,20-,21?/m1/s1. The number of hydrogen-bond acceptors (Lipinski definition) is 6. The first-order chi connectivity index (χ1) is 13.0. The van der Waals surface area contributed by atoms with Crippen molar-refractivity contribution in [3.8, 4) is 0 Å². The summed E-state index contributed by atoms with van der Waals surface area (Å²) in [5, 5.41) is 39.1. The van der Waals surface area contributed by atoms with E-state index in [4.69, 9.17) is 9.47 Å². The van der Waals surface area contributed by atoms with Crippen LogP contribution >= 0.6 is 0 Å². The van der Waals surface area contributed by atoms with Gasteiger partial charge in [-0.1, -0.05) is 70.8 Å². The lowest BCUT2D eigenvalue weighted by atomic mass is 9.99. The molecule has 0 bridgehead atoms. The molecule has 0 aliphatic carbocycles. The van der Waals surface area contributed by atoms with Crippen molar-refractivity contribution in [1.82, 2.24) is 0 Å². The second-order valence-electron chi connectivity index (χ2n) is 7.60. The van der Waals surface area contributed by atoms with Crippen LogP contribution in [0.5, 0.6) is 0 Å². The Hall–Kier alpha value is -0.500. The van der Waals surface area contributed by atoms with Crippen molar-refractivity contribution in [2.24, 2.45) is 0 Å². The summed E-state index contributed by atoms with van der Waals surface area (Å²) in [6, 6.07) is 0. The van der Waals surface area contributed by atoms with Crippen molar-refractivity contribution in [1.29, 1.82) is 0 Å². The molecule has 4 N–H and O–H groups in total. The van der Waals surface area contributed by atoms with E-state index < -0.39 is 37.3 Å². The third kappa shape index (κ3) is 9.03. The molecule has 0 spiro atoms. The molecule has 6 nitrogen and oxygen atoms in total. The summed E-state index contributed by atoms with van der Waals surface area (Å²) in [5.41, 5.74) is 0. The molecule has 0 aromatic carbocycles. The maximum Gasteiger partial charge on any atom is 0.186 e. The minimum Gasteiger partial charge on any atom is -0.394 e. The molecule has 0 saturated carbocycles. The number of ether oxygens (including phenoxy) is 2. The van der Waals surface area contributed by atoms with E-state index in [1.54, 1.807) is 6.08 Å². The van der Waals surface area contributed by atoms with Crippen molar-refractivity contribution in [3.63, 3.8) is 0 Å². The highest BCUT2D eigenvalue weighted by atomic mass is 16.7. The Balaban J connectivity index is 2.31. The topological polar surface area (TPSA) is 99.4 Å². The van der Waals surface area contributed by atoms with E-state index in [0.717, 1.165) is 19.3 Å². The number of hydrogen-bond donors (Lipinski definition) is 4. The monoisotopic (exact) mass is 388 g/mol. The van der Waals surface area contributed by atoms with Crippen LogP contribution in [0.15, 0.2) is 12.7 Å². The number of aliphatic hydroxyl groups excluding tert-OH is 4. The van der Waals surface area contributed by atoms with E-state index in [1.165, 1.54) is 44.9 Å². The van der Waals surface area contributed by atoms with Gasteiger partial charge in [-0.15, -0.1) is 6.58 Å². The largest absolute Gasteiger partial charge is 0.394 e. The van der Waals surface area contributed by atoms with Gasteiger partial charge in [-0.25, -0.2) is 0 Å². The van der Waals surface area contributed by atoms with E-state index in [1.807, 2.05) is 0 Å². The number of aliphatic hydroxyl groups is 4. The molecule has 6 atom stereocenters. The van der Waals surface area contributed by atoms with Crippen LogP contribution in [0.25, 0.3) is 0 Å². The Bertz CT molecular complexity index is 376. The fourth-order valence-corrected chi connectivity index (χ4v) is 3.48. The minimum atomic E-state index is -1.40. The number of unbranched alkanes of at least 4 members (excludes halogenated alkanes) is 8. The fraction of sp³-hybridized carbons (Fsp3) is 0.905. The summed E-state index contributed by atoms with van der Waals surface area (Å²) < 4.78 is 11.3. The molecule has 0 aromatic heterocycles. The van der Waals surface area contributed by atoms with Crippen molar-refractivity contribution in [2.75, 3.05) is 6.61 Å². The van der Waals surface area contributed by atoms with Crippen molar-refractivity contribution in [3.05, 3.63) is 12.7 Å². The predicted molar refractivity (Wildman–Crippen MR) is 105 cm³/mol. The molecule has 0 amide bonds. The summed E-state index contributed by atoms with van der Waals surface area (Å²) in [6.07, 6.45) is 8.12. The molecular weight excluding hydrogens is 348 g/mol. The first-order valence-electron chi connectivity index (χ1n) is 10.6. The Morgan fingerprint density at radius 2 is 1.52 bits per heavy atom. The van der Waals surface area contributed by atoms with E-state index >= 15 is 0 Å². The van der Waals surface area contributed by atoms with Crippen molar-refractivity contribution >= 4 is 0 Å². The zero-order valence-corrected chi connectivity index (χ0v) is 16.8. The maximum atomic E-state index is 10.1. The smallest absolute Gasteiger partial charge is 0.186 e. The van der Waals surface area contributed by atoms with Crippen LogP contribution in [0.2, 0.25) is 0 Å². The molecule has 1 aliphatic rings. The van der Waals surface area contributed by atoms with Gasteiger partial charge < -0.3 is 29.9 Å². The van der Waals surface area contributed by atoms with Gasteiger partial charge in [0.25, 0.3) is 0 Å². The Labute approximate surface area is 164 Å². The molecule has 0 aromatic rings. The molecule has 160 valence electrons. The molecule has 1 rings (SSSR count). The van der Waals surface area contributed by atoms with Crippen LogP contribution < -0.4 is 0 Å². The normalized spacial score (nSPS) is 29.6. The van der Waals surface area contributed by atoms with Gasteiger partial charge in [-0.3, -0.25) is 0 Å². The van der Waals surface area contributed by atoms with Crippen molar-refractivity contribution < 1.29 is 29.9 Å². The second-order valence-corrected chi connectivity index (χ2v) is 7.60. The second kappa shape index (κ2) is 14.5. The molecule has 2 unspecified atom stereocenters. The van der Waals surface area contributed by atoms with Gasteiger partial charge in [-0.05, 0) is 12.8 Å². The van der Waals surface area contributed by atoms with Gasteiger partial charge >= 0.3 is 0 Å². The van der Waals surface area contributed by atoms with Gasteiger partial charge in [0, 0.05) is 0 Å². The Morgan fingerprint density at radius 1 is 0.926 bits per heavy atom. The molecule has 1 heterocycles. The van der Waals surface area contributed by atoms with E-state index in [0.29, 0.717) is 6.42 Å². The molecule has 6 heteroatoms. The summed E-state index contributed by atoms with van der Waals surface area (Å²) in [5.74, 6) is 0. The summed E-state index contributed by atoms with van der Waals surface area (Å²) in [7, 11) is 0. The fourth-order valence-electron chi connectivity index (χ4n) is 3.48. The molecular formula is C21H40O6. The summed E-state index contributed by atoms with van der Waals surface area (Å²) in [4.78, 5) is 0. The third-order valence-electron chi connectivity index (χ3n) is 5.23. The Kier molecular flexibility index (Phi) is 13.2. The SMILES string of the molecule is C=CCC(CCCCCCCCCCC)OC1O[C@H](CO)[C@@H](O)[C@H](O)[C@H]1O. The predicted octanol–water partition coefficient (Wildman–Crippen LogP) is 2.67. The van der Waals surface area contributed by atoms with Crippen LogP contribution in [-0.4, -0.2) is 63.8 Å². The lowest BCUT2D eigenvalue weighted by molar-refractivity contribution is -0.311. The summed E-state index contributed by atoms with van der Waals surface area (Å²) in [6.45, 7) is 5.53. The van der Waals surface area contributed by atoms with E-state index in [9.17, 15) is 20.4 Å². The Morgan fingerprint density at radius 3 is 2.07 bits per heavy atom. The van der Waals surface area contributed by atoms with Gasteiger partial charge in [-0.2, -0.15) is 0 Å². The average molecular weight is 389 g/mol. The van der Waals surface area contributed by atoms with E-state index in [2.05, 4.69) is 13.5 Å². The van der Waals surface area contributed by atoms with Gasteiger partial charge in [0.05, 0.1) is 12.7 Å². The third-order valence-corrected chi connectivity index (χ3v) is 5.23. The maximum absolute atomic E-state index is 10.1. The zero-order valence-electron chi connectivity index (χ0n) is 16.8. The first kappa shape index (κ1) is 24.5. The lowest BCUT2D eigenvalue weighted by Crippen LogP contribution is -2.59. The highest BCUT2D eigenvalue weighted by Crippen LogP contribution is 2.25. The highest BCUT2D eigenvalue weighted by molar-refractivity contribution is 4.89. The lowest BCUT2D eigenvalue weighted by Gasteiger charge is -2.40. The van der Waals surface area contributed by atoms with Crippen LogP contribution in [0.1, 0.15) is 77.6 Å². The molecule has 1 saturated heterocycles.